The molecule has 0 fully saturated rings. The first-order valence-electron chi connectivity index (χ1n) is 6.18. The van der Waals surface area contributed by atoms with Crippen LogP contribution in [0.3, 0.4) is 0 Å². The number of hydrogen-bond acceptors (Lipinski definition) is 3. The van der Waals surface area contributed by atoms with Crippen molar-refractivity contribution in [1.29, 1.82) is 0 Å². The van der Waals surface area contributed by atoms with E-state index in [0.29, 0.717) is 0 Å². The Bertz CT molecular complexity index is 626. The van der Waals surface area contributed by atoms with E-state index < -0.39 is 0 Å². The zero-order valence-electron chi connectivity index (χ0n) is 10.7. The van der Waals surface area contributed by atoms with Crippen molar-refractivity contribution in [2.75, 3.05) is 7.11 Å². The molecule has 1 aromatic heterocycles. The molecular weight excluding hydrogens is 236 g/mol. The fourth-order valence-electron chi connectivity index (χ4n) is 1.95. The van der Waals surface area contributed by atoms with Crippen LogP contribution in [0.5, 0.6) is 5.75 Å². The van der Waals surface area contributed by atoms with E-state index in [-0.39, 0.29) is 6.04 Å². The molecule has 2 aromatic rings. The van der Waals surface area contributed by atoms with Gasteiger partial charge in [-0.2, -0.15) is 0 Å². The second kappa shape index (κ2) is 5.06. The Hall–Kier alpha value is -2.42. The molecule has 1 aromatic carbocycles. The summed E-state index contributed by atoms with van der Waals surface area (Å²) in [5.74, 6) is 0.844. The standard InChI is InChI=1S/C16H14N2O/c1-19-14-6-4-5-12(9-14)15(10-13-11-18-13)16-7-2-3-8-17-16/h2-11,13H,1H3/b15-10+. The Balaban J connectivity index is 2.04. The van der Waals surface area contributed by atoms with Gasteiger partial charge in [-0.15, -0.1) is 0 Å². The fourth-order valence-corrected chi connectivity index (χ4v) is 1.95. The number of aromatic nitrogens is 1. The third-order valence-electron chi connectivity index (χ3n) is 2.98. The number of nitrogens with zero attached hydrogens (tertiary/aromatic N) is 2. The minimum atomic E-state index is 0.211. The van der Waals surface area contributed by atoms with Gasteiger partial charge in [0.1, 0.15) is 11.8 Å². The van der Waals surface area contributed by atoms with Gasteiger partial charge in [0.25, 0.3) is 0 Å². The van der Waals surface area contributed by atoms with E-state index in [0.717, 1.165) is 22.6 Å². The molecule has 0 saturated heterocycles. The van der Waals surface area contributed by atoms with Crippen molar-refractivity contribution in [2.45, 2.75) is 6.04 Å². The Kier molecular flexibility index (Phi) is 3.11. The minimum Gasteiger partial charge on any atom is -0.497 e. The van der Waals surface area contributed by atoms with Crippen LogP contribution >= 0.6 is 0 Å². The lowest BCUT2D eigenvalue weighted by atomic mass is 10.0. The average molecular weight is 250 g/mol. The molecule has 19 heavy (non-hydrogen) atoms. The van der Waals surface area contributed by atoms with Crippen molar-refractivity contribution in [3.8, 4) is 5.75 Å². The molecule has 0 saturated carbocycles. The van der Waals surface area contributed by atoms with Gasteiger partial charge >= 0.3 is 0 Å². The van der Waals surface area contributed by atoms with Crippen LogP contribution in [0.2, 0.25) is 0 Å². The molecule has 1 atom stereocenters. The van der Waals surface area contributed by atoms with E-state index >= 15 is 0 Å². The summed E-state index contributed by atoms with van der Waals surface area (Å²) in [6.45, 7) is 0. The first-order valence-corrected chi connectivity index (χ1v) is 6.18. The normalized spacial score (nSPS) is 17.3. The smallest absolute Gasteiger partial charge is 0.119 e. The van der Waals surface area contributed by atoms with Crippen molar-refractivity contribution in [2.24, 2.45) is 4.99 Å². The first-order chi connectivity index (χ1) is 9.36. The molecule has 0 amide bonds. The van der Waals surface area contributed by atoms with Gasteiger partial charge in [0.15, 0.2) is 0 Å². The van der Waals surface area contributed by atoms with Crippen LogP contribution in [0.25, 0.3) is 5.57 Å². The van der Waals surface area contributed by atoms with Crippen LogP contribution < -0.4 is 4.74 Å². The molecule has 0 spiro atoms. The number of aliphatic imine (C=N–C) groups is 1. The third-order valence-corrected chi connectivity index (χ3v) is 2.98. The molecule has 0 N–H and O–H groups in total. The highest BCUT2D eigenvalue weighted by Gasteiger charge is 2.14. The van der Waals surface area contributed by atoms with E-state index in [2.05, 4.69) is 22.1 Å². The molecule has 0 radical (unpaired) electrons. The van der Waals surface area contributed by atoms with Crippen molar-refractivity contribution in [1.82, 2.24) is 4.98 Å². The maximum absolute atomic E-state index is 5.28. The number of benzene rings is 1. The van der Waals surface area contributed by atoms with Crippen LogP contribution in [0.15, 0.2) is 59.7 Å². The van der Waals surface area contributed by atoms with Crippen LogP contribution in [0, 0.1) is 0 Å². The molecule has 3 rings (SSSR count). The highest BCUT2D eigenvalue weighted by Crippen LogP contribution is 2.26. The van der Waals surface area contributed by atoms with Crippen LogP contribution in [0.4, 0.5) is 0 Å². The number of pyridine rings is 1. The predicted molar refractivity (Wildman–Crippen MR) is 76.6 cm³/mol. The summed E-state index contributed by atoms with van der Waals surface area (Å²) in [6, 6.07) is 14.1. The van der Waals surface area contributed by atoms with Gasteiger partial charge in [0.05, 0.1) is 12.8 Å². The number of rotatable bonds is 4. The molecular formula is C16H14N2O. The lowest BCUT2D eigenvalue weighted by molar-refractivity contribution is 0.414. The van der Waals surface area contributed by atoms with Crippen molar-refractivity contribution >= 4 is 11.8 Å². The van der Waals surface area contributed by atoms with E-state index in [9.17, 15) is 0 Å². The monoisotopic (exact) mass is 250 g/mol. The van der Waals surface area contributed by atoms with Gasteiger partial charge in [-0.3, -0.25) is 9.98 Å². The molecule has 2 heterocycles. The number of methoxy groups -OCH3 is 1. The van der Waals surface area contributed by atoms with Gasteiger partial charge in [0.2, 0.25) is 0 Å². The lowest BCUT2D eigenvalue weighted by Crippen LogP contribution is -1.95. The number of ether oxygens (including phenoxy) is 1. The molecule has 94 valence electrons. The molecule has 3 heteroatoms. The van der Waals surface area contributed by atoms with Crippen LogP contribution in [-0.2, 0) is 0 Å². The largest absolute Gasteiger partial charge is 0.497 e. The van der Waals surface area contributed by atoms with Crippen LogP contribution in [0.1, 0.15) is 11.3 Å². The highest BCUT2D eigenvalue weighted by molar-refractivity contribution is 5.87. The van der Waals surface area contributed by atoms with Gasteiger partial charge in [-0.05, 0) is 35.9 Å². The molecule has 0 aliphatic carbocycles. The van der Waals surface area contributed by atoms with E-state index in [4.69, 9.17) is 4.74 Å². The first kappa shape index (κ1) is 11.7. The van der Waals surface area contributed by atoms with E-state index in [1.165, 1.54) is 0 Å². The molecule has 0 bridgehead atoms. The van der Waals surface area contributed by atoms with Gasteiger partial charge in [-0.1, -0.05) is 18.2 Å². The fraction of sp³-hybridized carbons (Fsp3) is 0.125. The summed E-state index contributed by atoms with van der Waals surface area (Å²) in [7, 11) is 1.67. The van der Waals surface area contributed by atoms with Crippen molar-refractivity contribution in [3.63, 3.8) is 0 Å². The van der Waals surface area contributed by atoms with E-state index in [1.807, 2.05) is 42.6 Å². The maximum atomic E-state index is 5.28. The molecule has 3 nitrogen and oxygen atoms in total. The van der Waals surface area contributed by atoms with Crippen molar-refractivity contribution < 1.29 is 4.74 Å². The maximum Gasteiger partial charge on any atom is 0.119 e. The minimum absolute atomic E-state index is 0.211. The highest BCUT2D eigenvalue weighted by atomic mass is 16.5. The predicted octanol–water partition coefficient (Wildman–Crippen LogP) is 2.97. The topological polar surface area (TPSA) is 34.5 Å². The Labute approximate surface area is 112 Å². The zero-order chi connectivity index (χ0) is 13.1. The third kappa shape index (κ3) is 2.71. The van der Waals surface area contributed by atoms with Gasteiger partial charge < -0.3 is 4.74 Å². The average Bonchev–Trinajstić information content (AvgIpc) is 3.30. The lowest BCUT2D eigenvalue weighted by Gasteiger charge is -2.09. The Morgan fingerprint density at radius 1 is 1.21 bits per heavy atom. The Morgan fingerprint density at radius 2 is 2.11 bits per heavy atom. The second-order valence-corrected chi connectivity index (χ2v) is 4.32. The second-order valence-electron chi connectivity index (χ2n) is 4.32. The van der Waals surface area contributed by atoms with Crippen molar-refractivity contribution in [3.05, 3.63) is 66.0 Å². The summed E-state index contributed by atoms with van der Waals surface area (Å²) in [6.07, 6.45) is 5.84. The quantitative estimate of drug-likeness (QED) is 0.836. The molecule has 1 aliphatic heterocycles. The molecule has 1 unspecified atom stereocenters. The summed E-state index contributed by atoms with van der Waals surface area (Å²) in [4.78, 5) is 8.60. The summed E-state index contributed by atoms with van der Waals surface area (Å²) in [5, 5.41) is 0. The summed E-state index contributed by atoms with van der Waals surface area (Å²) in [5.41, 5.74) is 3.13. The van der Waals surface area contributed by atoms with Crippen LogP contribution in [-0.4, -0.2) is 24.4 Å². The van der Waals surface area contributed by atoms with Gasteiger partial charge in [-0.25, -0.2) is 0 Å². The Morgan fingerprint density at radius 3 is 2.79 bits per heavy atom. The summed E-state index contributed by atoms with van der Waals surface area (Å²) < 4.78 is 5.28. The molecule has 1 aliphatic rings. The number of hydrogen-bond donors (Lipinski definition) is 0. The van der Waals surface area contributed by atoms with Gasteiger partial charge in [0, 0.05) is 18.0 Å². The SMILES string of the molecule is COc1cccc(/C(=C\C2C=N2)c2ccccn2)c1. The van der Waals surface area contributed by atoms with E-state index in [1.54, 1.807) is 13.3 Å². The zero-order valence-corrected chi connectivity index (χ0v) is 10.7. The summed E-state index contributed by atoms with van der Waals surface area (Å²) >= 11 is 0.